The summed E-state index contributed by atoms with van der Waals surface area (Å²) in [5.74, 6) is 0. The zero-order valence-electron chi connectivity index (χ0n) is 11.9. The van der Waals surface area contributed by atoms with Crippen LogP contribution in [0, 0.1) is 0 Å². The lowest BCUT2D eigenvalue weighted by atomic mass is 10.1. The Bertz CT molecular complexity index is 757. The molecule has 4 nitrogen and oxygen atoms in total. The number of hydrogen-bond acceptors (Lipinski definition) is 3. The van der Waals surface area contributed by atoms with Gasteiger partial charge in [-0.15, -0.1) is 10.2 Å². The lowest BCUT2D eigenvalue weighted by molar-refractivity contribution is 0.281. The Labute approximate surface area is 123 Å². The third kappa shape index (κ3) is 2.71. The molecule has 0 aliphatic rings. The van der Waals surface area contributed by atoms with E-state index in [2.05, 4.69) is 16.3 Å². The van der Waals surface area contributed by atoms with Gasteiger partial charge >= 0.3 is 0 Å². The van der Waals surface area contributed by atoms with Crippen LogP contribution in [0.4, 0.5) is 0 Å². The second-order valence-corrected chi connectivity index (χ2v) is 4.87. The number of allylic oxidation sites excluding steroid dienone is 2. The molecule has 106 valence electrons. The second-order valence-electron chi connectivity index (χ2n) is 4.87. The highest BCUT2D eigenvalue weighted by Gasteiger charge is 2.09. The van der Waals surface area contributed by atoms with E-state index in [1.807, 2.05) is 55.5 Å². The van der Waals surface area contributed by atoms with Crippen LogP contribution in [0.25, 0.3) is 16.7 Å². The first-order chi connectivity index (χ1) is 10.3. The fourth-order valence-electron chi connectivity index (χ4n) is 2.31. The lowest BCUT2D eigenvalue weighted by Gasteiger charge is -2.08. The molecule has 0 saturated carbocycles. The van der Waals surface area contributed by atoms with E-state index in [9.17, 15) is 5.11 Å². The molecule has 3 aromatic rings. The third-order valence-electron chi connectivity index (χ3n) is 3.41. The van der Waals surface area contributed by atoms with Gasteiger partial charge in [0.05, 0.1) is 12.3 Å². The minimum atomic E-state index is -0.0309. The highest BCUT2D eigenvalue weighted by atomic mass is 16.3. The van der Waals surface area contributed by atoms with Crippen LogP contribution in [0.2, 0.25) is 0 Å². The predicted molar refractivity (Wildman–Crippen MR) is 83.3 cm³/mol. The summed E-state index contributed by atoms with van der Waals surface area (Å²) >= 11 is 0. The van der Waals surface area contributed by atoms with Crippen molar-refractivity contribution in [2.75, 3.05) is 0 Å². The summed E-state index contributed by atoms with van der Waals surface area (Å²) < 4.78 is 0. The van der Waals surface area contributed by atoms with Gasteiger partial charge in [0.25, 0.3) is 0 Å². The van der Waals surface area contributed by atoms with E-state index in [0.717, 1.165) is 34.3 Å². The molecule has 1 N–H and O–H groups in total. The van der Waals surface area contributed by atoms with Gasteiger partial charge in [-0.25, -0.2) is 0 Å². The first-order valence-corrected chi connectivity index (χ1v) is 6.98. The Kier molecular flexibility index (Phi) is 3.79. The zero-order valence-corrected chi connectivity index (χ0v) is 11.9. The Morgan fingerprint density at radius 2 is 1.81 bits per heavy atom. The molecule has 0 atom stereocenters. The molecule has 0 amide bonds. The SMILES string of the molecule is CC=CCc1ccc(-n2nc3ccccc3n2)c(CO)c1. The molecule has 4 heteroatoms. The minimum Gasteiger partial charge on any atom is -0.392 e. The Morgan fingerprint density at radius 3 is 2.43 bits per heavy atom. The van der Waals surface area contributed by atoms with E-state index >= 15 is 0 Å². The van der Waals surface area contributed by atoms with E-state index in [4.69, 9.17) is 0 Å². The predicted octanol–water partition coefficient (Wildman–Crippen LogP) is 3.03. The summed E-state index contributed by atoms with van der Waals surface area (Å²) in [6.07, 6.45) is 4.98. The number of benzene rings is 2. The van der Waals surface area contributed by atoms with Gasteiger partial charge in [0.15, 0.2) is 0 Å². The van der Waals surface area contributed by atoms with Gasteiger partial charge in [-0.05, 0) is 37.1 Å². The van der Waals surface area contributed by atoms with E-state index in [0.29, 0.717) is 0 Å². The van der Waals surface area contributed by atoms with Crippen molar-refractivity contribution in [2.24, 2.45) is 0 Å². The summed E-state index contributed by atoms with van der Waals surface area (Å²) in [5, 5.41) is 18.5. The zero-order chi connectivity index (χ0) is 14.7. The normalized spacial score (nSPS) is 11.5. The van der Waals surface area contributed by atoms with Crippen molar-refractivity contribution in [1.29, 1.82) is 0 Å². The van der Waals surface area contributed by atoms with Gasteiger partial charge < -0.3 is 5.11 Å². The Hall–Kier alpha value is -2.46. The van der Waals surface area contributed by atoms with Crippen molar-refractivity contribution in [3.05, 3.63) is 65.7 Å². The molecular weight excluding hydrogens is 262 g/mol. The molecule has 0 aliphatic heterocycles. The smallest absolute Gasteiger partial charge is 0.113 e. The summed E-state index contributed by atoms with van der Waals surface area (Å²) in [7, 11) is 0. The molecule has 0 unspecified atom stereocenters. The van der Waals surface area contributed by atoms with Gasteiger partial charge in [0.2, 0.25) is 0 Å². The Balaban J connectivity index is 2.04. The van der Waals surface area contributed by atoms with Crippen LogP contribution >= 0.6 is 0 Å². The summed E-state index contributed by atoms with van der Waals surface area (Å²) in [5.41, 5.74) is 4.51. The standard InChI is InChI=1S/C17H17N3O/c1-2-3-6-13-9-10-17(14(11-13)12-21)20-18-15-7-4-5-8-16(15)19-20/h2-5,7-11,21H,6,12H2,1H3. The van der Waals surface area contributed by atoms with Crippen molar-refractivity contribution in [2.45, 2.75) is 20.0 Å². The monoisotopic (exact) mass is 279 g/mol. The number of aliphatic hydroxyl groups excluding tert-OH is 1. The van der Waals surface area contributed by atoms with E-state index < -0.39 is 0 Å². The van der Waals surface area contributed by atoms with Crippen molar-refractivity contribution < 1.29 is 5.11 Å². The topological polar surface area (TPSA) is 50.9 Å². The fourth-order valence-corrected chi connectivity index (χ4v) is 2.31. The van der Waals surface area contributed by atoms with Crippen molar-refractivity contribution >= 4 is 11.0 Å². The molecule has 0 radical (unpaired) electrons. The number of rotatable bonds is 4. The van der Waals surface area contributed by atoms with Crippen molar-refractivity contribution in [1.82, 2.24) is 15.0 Å². The molecule has 3 rings (SSSR count). The van der Waals surface area contributed by atoms with Crippen molar-refractivity contribution in [3.63, 3.8) is 0 Å². The number of fused-ring (bicyclic) bond motifs is 1. The van der Waals surface area contributed by atoms with Crippen LogP contribution < -0.4 is 0 Å². The highest BCUT2D eigenvalue weighted by molar-refractivity contribution is 5.73. The maximum Gasteiger partial charge on any atom is 0.113 e. The molecule has 0 fully saturated rings. The summed E-state index contributed by atoms with van der Waals surface area (Å²) in [6.45, 7) is 1.97. The molecule has 0 aliphatic carbocycles. The number of aromatic nitrogens is 3. The number of hydrogen-bond donors (Lipinski definition) is 1. The first-order valence-electron chi connectivity index (χ1n) is 6.98. The fraction of sp³-hybridized carbons (Fsp3) is 0.176. The maximum atomic E-state index is 9.62. The van der Waals surface area contributed by atoms with Gasteiger partial charge in [0.1, 0.15) is 11.0 Å². The Morgan fingerprint density at radius 1 is 1.10 bits per heavy atom. The van der Waals surface area contributed by atoms with Crippen LogP contribution in [0.3, 0.4) is 0 Å². The van der Waals surface area contributed by atoms with E-state index in [-0.39, 0.29) is 6.61 Å². The average molecular weight is 279 g/mol. The van der Waals surface area contributed by atoms with Gasteiger partial charge in [0, 0.05) is 5.56 Å². The van der Waals surface area contributed by atoms with Gasteiger partial charge in [-0.1, -0.05) is 36.4 Å². The summed E-state index contributed by atoms with van der Waals surface area (Å²) in [6, 6.07) is 13.7. The van der Waals surface area contributed by atoms with Crippen LogP contribution in [0.5, 0.6) is 0 Å². The minimum absolute atomic E-state index is 0.0309. The molecule has 0 saturated heterocycles. The maximum absolute atomic E-state index is 9.62. The molecule has 1 heterocycles. The lowest BCUT2D eigenvalue weighted by Crippen LogP contribution is -2.04. The number of aliphatic hydroxyl groups is 1. The van der Waals surface area contributed by atoms with Gasteiger partial charge in [-0.2, -0.15) is 4.80 Å². The molecule has 0 bridgehead atoms. The summed E-state index contributed by atoms with van der Waals surface area (Å²) in [4.78, 5) is 1.59. The van der Waals surface area contributed by atoms with Crippen LogP contribution in [-0.2, 0) is 13.0 Å². The van der Waals surface area contributed by atoms with E-state index in [1.54, 1.807) is 4.80 Å². The van der Waals surface area contributed by atoms with Crippen molar-refractivity contribution in [3.8, 4) is 5.69 Å². The second kappa shape index (κ2) is 5.89. The molecule has 0 spiro atoms. The van der Waals surface area contributed by atoms with E-state index in [1.165, 1.54) is 0 Å². The largest absolute Gasteiger partial charge is 0.392 e. The molecule has 2 aromatic carbocycles. The third-order valence-corrected chi connectivity index (χ3v) is 3.41. The van der Waals surface area contributed by atoms with Crippen LogP contribution in [-0.4, -0.2) is 20.1 Å². The van der Waals surface area contributed by atoms with Gasteiger partial charge in [-0.3, -0.25) is 0 Å². The van der Waals surface area contributed by atoms with Crippen LogP contribution in [0.1, 0.15) is 18.1 Å². The molecule has 1 aromatic heterocycles. The first kappa shape index (κ1) is 13.5. The van der Waals surface area contributed by atoms with Crippen LogP contribution in [0.15, 0.2) is 54.6 Å². The quantitative estimate of drug-likeness (QED) is 0.747. The number of nitrogens with zero attached hydrogens (tertiary/aromatic N) is 3. The average Bonchev–Trinajstić information content (AvgIpc) is 2.96. The highest BCUT2D eigenvalue weighted by Crippen LogP contribution is 2.18. The molecular formula is C17H17N3O. The molecule has 21 heavy (non-hydrogen) atoms.